The van der Waals surface area contributed by atoms with E-state index in [4.69, 9.17) is 9.15 Å². The number of hydrogen-bond donors (Lipinski definition) is 2. The summed E-state index contributed by atoms with van der Waals surface area (Å²) in [6.45, 7) is 7.23. The molecular weight excluding hydrogens is 374 g/mol. The number of carboxylic acids is 1. The second-order valence-corrected chi connectivity index (χ2v) is 8.13. The van der Waals surface area contributed by atoms with E-state index in [1.807, 2.05) is 26.8 Å². The third-order valence-corrected chi connectivity index (χ3v) is 5.17. The van der Waals surface area contributed by atoms with Crippen molar-refractivity contribution in [1.82, 2.24) is 5.32 Å². The molecule has 3 rings (SSSR count). The fraction of sp³-hybridized carbons (Fsp3) is 0.500. The van der Waals surface area contributed by atoms with Crippen LogP contribution in [0.3, 0.4) is 0 Å². The number of nitrogens with one attached hydrogen (secondary N) is 1. The summed E-state index contributed by atoms with van der Waals surface area (Å²) in [5.74, 6) is -0.972. The molecule has 2 N–H and O–H groups in total. The largest absolute Gasteiger partial charge is 0.480 e. The first-order chi connectivity index (χ1) is 13.7. The third kappa shape index (κ3) is 4.44. The lowest BCUT2D eigenvalue weighted by atomic mass is 10.0. The molecule has 1 heterocycles. The Kier molecular flexibility index (Phi) is 5.96. The lowest BCUT2D eigenvalue weighted by Gasteiger charge is -2.21. The van der Waals surface area contributed by atoms with Crippen molar-refractivity contribution in [3.05, 3.63) is 39.2 Å². The predicted molar refractivity (Wildman–Crippen MR) is 108 cm³/mol. The molecule has 1 amide bonds. The van der Waals surface area contributed by atoms with Gasteiger partial charge < -0.3 is 19.6 Å². The molecule has 2 atom stereocenters. The maximum absolute atomic E-state index is 12.6. The molecule has 1 aliphatic carbocycles. The van der Waals surface area contributed by atoms with Gasteiger partial charge in [-0.25, -0.2) is 9.59 Å². The predicted octanol–water partition coefficient (Wildman–Crippen LogP) is 2.97. The fourth-order valence-corrected chi connectivity index (χ4v) is 3.82. The van der Waals surface area contributed by atoms with Crippen LogP contribution in [0.4, 0.5) is 0 Å². The summed E-state index contributed by atoms with van der Waals surface area (Å²) in [6.07, 6.45) is 1.73. The van der Waals surface area contributed by atoms with Gasteiger partial charge in [0, 0.05) is 5.56 Å². The standard InChI is InChI=1S/C22H27NO6/c1-11(2)8-16(21(25)26)23-20(24)13(4)28-17-9-12(3)10-18-19(17)14-6-5-7-15(14)22(27)29-18/h9-11,13,16H,5-8H2,1-4H3,(H,23,24)(H,25,26)/t13-,16-/m0/s1. The van der Waals surface area contributed by atoms with Gasteiger partial charge in [-0.2, -0.15) is 0 Å². The summed E-state index contributed by atoms with van der Waals surface area (Å²) in [6, 6.07) is 2.63. The minimum atomic E-state index is -1.07. The van der Waals surface area contributed by atoms with Gasteiger partial charge in [0.05, 0.1) is 5.39 Å². The van der Waals surface area contributed by atoms with E-state index in [1.165, 1.54) is 0 Å². The molecule has 0 spiro atoms. The van der Waals surface area contributed by atoms with Crippen LogP contribution in [0, 0.1) is 12.8 Å². The SMILES string of the molecule is Cc1cc(O[C@@H](C)C(=O)N[C@@H](CC(C)C)C(=O)O)c2c3c(c(=O)oc2c1)CCC3. The Hall–Kier alpha value is -2.83. The molecule has 0 aliphatic heterocycles. The molecule has 0 saturated carbocycles. The summed E-state index contributed by atoms with van der Waals surface area (Å²) >= 11 is 0. The van der Waals surface area contributed by atoms with Crippen LogP contribution in [0.25, 0.3) is 11.0 Å². The third-order valence-electron chi connectivity index (χ3n) is 5.17. The summed E-state index contributed by atoms with van der Waals surface area (Å²) in [5, 5.41) is 12.6. The molecule has 0 saturated heterocycles. The van der Waals surface area contributed by atoms with Crippen LogP contribution in [0.5, 0.6) is 5.75 Å². The highest BCUT2D eigenvalue weighted by atomic mass is 16.5. The minimum absolute atomic E-state index is 0.124. The monoisotopic (exact) mass is 401 g/mol. The van der Waals surface area contributed by atoms with E-state index in [1.54, 1.807) is 13.0 Å². The number of aliphatic carboxylic acids is 1. The Morgan fingerprint density at radius 2 is 1.90 bits per heavy atom. The van der Waals surface area contributed by atoms with Crippen molar-refractivity contribution in [2.45, 2.75) is 65.5 Å². The highest BCUT2D eigenvalue weighted by Crippen LogP contribution is 2.35. The quantitative estimate of drug-likeness (QED) is 0.691. The van der Waals surface area contributed by atoms with Crippen LogP contribution < -0.4 is 15.7 Å². The fourth-order valence-electron chi connectivity index (χ4n) is 3.82. The van der Waals surface area contributed by atoms with Crippen molar-refractivity contribution in [3.8, 4) is 5.75 Å². The number of carbonyl (C=O) groups excluding carboxylic acids is 1. The van der Waals surface area contributed by atoms with Crippen LogP contribution in [0.15, 0.2) is 21.3 Å². The molecule has 1 aliphatic rings. The number of fused-ring (bicyclic) bond motifs is 3. The van der Waals surface area contributed by atoms with Crippen molar-refractivity contribution in [2.24, 2.45) is 5.92 Å². The van der Waals surface area contributed by atoms with Gasteiger partial charge >= 0.3 is 11.6 Å². The summed E-state index contributed by atoms with van der Waals surface area (Å²) < 4.78 is 11.4. The van der Waals surface area contributed by atoms with Crippen LogP contribution in [0.1, 0.15) is 50.3 Å². The van der Waals surface area contributed by atoms with E-state index in [2.05, 4.69) is 5.32 Å². The van der Waals surface area contributed by atoms with Gasteiger partial charge in [0.25, 0.3) is 5.91 Å². The summed E-state index contributed by atoms with van der Waals surface area (Å²) in [7, 11) is 0. The summed E-state index contributed by atoms with van der Waals surface area (Å²) in [5.41, 5.74) is 2.56. The first kappa shape index (κ1) is 20.9. The topological polar surface area (TPSA) is 106 Å². The first-order valence-corrected chi connectivity index (χ1v) is 9.96. The van der Waals surface area contributed by atoms with E-state index in [-0.39, 0.29) is 11.5 Å². The molecule has 0 bridgehead atoms. The van der Waals surface area contributed by atoms with E-state index in [9.17, 15) is 19.5 Å². The lowest BCUT2D eigenvalue weighted by Crippen LogP contribution is -2.46. The Bertz CT molecular complexity index is 1010. The molecule has 7 nitrogen and oxygen atoms in total. The van der Waals surface area contributed by atoms with Gasteiger partial charge in [0.1, 0.15) is 17.4 Å². The zero-order valence-electron chi connectivity index (χ0n) is 17.2. The van der Waals surface area contributed by atoms with Gasteiger partial charge in [-0.05, 0) is 68.7 Å². The van der Waals surface area contributed by atoms with Gasteiger partial charge in [-0.15, -0.1) is 0 Å². The maximum atomic E-state index is 12.6. The summed E-state index contributed by atoms with van der Waals surface area (Å²) in [4.78, 5) is 36.2. The van der Waals surface area contributed by atoms with Gasteiger partial charge in [-0.1, -0.05) is 13.8 Å². The lowest BCUT2D eigenvalue weighted by molar-refractivity contribution is -0.143. The molecule has 29 heavy (non-hydrogen) atoms. The average Bonchev–Trinajstić information content (AvgIpc) is 3.10. The molecule has 0 unspecified atom stereocenters. The van der Waals surface area contributed by atoms with E-state index < -0.39 is 24.0 Å². The Balaban J connectivity index is 1.89. The van der Waals surface area contributed by atoms with Crippen molar-refractivity contribution in [3.63, 3.8) is 0 Å². The van der Waals surface area contributed by atoms with Crippen molar-refractivity contribution in [1.29, 1.82) is 0 Å². The Morgan fingerprint density at radius 3 is 2.55 bits per heavy atom. The minimum Gasteiger partial charge on any atom is -0.480 e. The second kappa shape index (κ2) is 8.27. The molecule has 2 aromatic rings. The van der Waals surface area contributed by atoms with Crippen LogP contribution in [-0.2, 0) is 22.4 Å². The zero-order valence-corrected chi connectivity index (χ0v) is 17.2. The molecule has 0 radical (unpaired) electrons. The van der Waals surface area contributed by atoms with Crippen LogP contribution in [0.2, 0.25) is 0 Å². The average molecular weight is 401 g/mol. The number of hydrogen-bond acceptors (Lipinski definition) is 5. The van der Waals surface area contributed by atoms with Gasteiger partial charge in [0.2, 0.25) is 0 Å². The number of amides is 1. The van der Waals surface area contributed by atoms with Crippen molar-refractivity contribution in [2.75, 3.05) is 0 Å². The Morgan fingerprint density at radius 1 is 1.21 bits per heavy atom. The number of carbonyl (C=O) groups is 2. The number of aryl methyl sites for hydroxylation is 2. The molecule has 1 aromatic heterocycles. The van der Waals surface area contributed by atoms with E-state index in [0.717, 1.165) is 29.4 Å². The van der Waals surface area contributed by atoms with Crippen molar-refractivity contribution < 1.29 is 23.8 Å². The van der Waals surface area contributed by atoms with Crippen molar-refractivity contribution >= 4 is 22.8 Å². The number of rotatable bonds is 7. The Labute approximate surface area is 169 Å². The highest BCUT2D eigenvalue weighted by molar-refractivity contribution is 5.90. The smallest absolute Gasteiger partial charge is 0.339 e. The molecule has 156 valence electrons. The molecule has 0 fully saturated rings. The zero-order chi connectivity index (χ0) is 21.3. The second-order valence-electron chi connectivity index (χ2n) is 8.13. The normalized spacial score (nSPS) is 15.2. The first-order valence-electron chi connectivity index (χ1n) is 9.96. The highest BCUT2D eigenvalue weighted by Gasteiger charge is 2.27. The molecular formula is C22H27NO6. The van der Waals surface area contributed by atoms with Crippen LogP contribution >= 0.6 is 0 Å². The maximum Gasteiger partial charge on any atom is 0.339 e. The molecule has 7 heteroatoms. The van der Waals surface area contributed by atoms with E-state index in [0.29, 0.717) is 29.7 Å². The van der Waals surface area contributed by atoms with Crippen LogP contribution in [-0.4, -0.2) is 29.1 Å². The van der Waals surface area contributed by atoms with Gasteiger partial charge in [-0.3, -0.25) is 4.79 Å². The number of carboxylic acid groups (broad SMARTS) is 1. The molecule has 1 aromatic carbocycles. The number of benzene rings is 1. The number of ether oxygens (including phenoxy) is 1. The van der Waals surface area contributed by atoms with E-state index >= 15 is 0 Å². The van der Waals surface area contributed by atoms with Gasteiger partial charge in [0.15, 0.2) is 6.10 Å².